The molecule has 2 fully saturated rings. The van der Waals surface area contributed by atoms with Gasteiger partial charge in [0.2, 0.25) is 6.29 Å². The molecule has 2 saturated heterocycles. The Bertz CT molecular complexity index is 1220. The van der Waals surface area contributed by atoms with Gasteiger partial charge in [-0.1, -0.05) is 12.1 Å². The van der Waals surface area contributed by atoms with Crippen LogP contribution in [-0.4, -0.2) is 107 Å². The second-order valence-electron chi connectivity index (χ2n) is 9.61. The molecule has 0 spiro atoms. The number of ether oxygens (including phenoxy) is 6. The van der Waals surface area contributed by atoms with Crippen molar-refractivity contribution in [2.75, 3.05) is 27.4 Å². The minimum atomic E-state index is -1.67. The molecular formula is C28H34O13. The van der Waals surface area contributed by atoms with E-state index in [4.69, 9.17) is 28.4 Å². The van der Waals surface area contributed by atoms with Gasteiger partial charge in [-0.2, -0.15) is 0 Å². The Morgan fingerprint density at radius 2 is 1.71 bits per heavy atom. The van der Waals surface area contributed by atoms with Gasteiger partial charge in [0.05, 0.1) is 33.5 Å². The lowest BCUT2D eigenvalue weighted by atomic mass is 9.99. The van der Waals surface area contributed by atoms with E-state index in [1.807, 2.05) is 0 Å². The van der Waals surface area contributed by atoms with Crippen LogP contribution in [0.5, 0.6) is 28.7 Å². The lowest BCUT2D eigenvalue weighted by molar-refractivity contribution is -0.291. The molecule has 7 atom stereocenters. The highest BCUT2D eigenvalue weighted by molar-refractivity contribution is 6.10. The first-order valence-corrected chi connectivity index (χ1v) is 12.9. The summed E-state index contributed by atoms with van der Waals surface area (Å²) < 4.78 is 32.6. The molecule has 4 rings (SSSR count). The van der Waals surface area contributed by atoms with Gasteiger partial charge in [0.15, 0.2) is 23.6 Å². The number of aromatic hydroxyl groups is 2. The van der Waals surface area contributed by atoms with Crippen LogP contribution in [0.1, 0.15) is 28.8 Å². The fraction of sp³-hybridized carbons (Fsp3) is 0.464. The van der Waals surface area contributed by atoms with Crippen LogP contribution < -0.4 is 14.2 Å². The molecule has 2 aromatic rings. The van der Waals surface area contributed by atoms with Crippen LogP contribution >= 0.6 is 0 Å². The van der Waals surface area contributed by atoms with Crippen molar-refractivity contribution in [1.29, 1.82) is 0 Å². The molecule has 224 valence electrons. The standard InChI is InChI=1S/C28H34O13/c1-36-20-7-4-14(9-18(20)31)3-6-17(30)24-19(32)10-16(11-21(24)37-2)40-28-27(35)26(34)25(33)22(41-28)13-39-23-8-5-15(29)12-38-23/h3-4,6-7,9-11,15,22-23,25-29,31-35H,5,8,12-13H2,1-2H3/b6-3+. The van der Waals surface area contributed by atoms with E-state index in [2.05, 4.69) is 0 Å². The van der Waals surface area contributed by atoms with Crippen LogP contribution in [0.15, 0.2) is 36.4 Å². The van der Waals surface area contributed by atoms with Gasteiger partial charge in [-0.05, 0) is 30.2 Å². The van der Waals surface area contributed by atoms with Gasteiger partial charge in [0, 0.05) is 18.6 Å². The number of hydrogen-bond donors (Lipinski definition) is 6. The van der Waals surface area contributed by atoms with Crippen molar-refractivity contribution in [1.82, 2.24) is 0 Å². The third-order valence-electron chi connectivity index (χ3n) is 6.73. The molecule has 2 aromatic carbocycles. The number of rotatable bonds is 10. The van der Waals surface area contributed by atoms with Crippen LogP contribution in [0.2, 0.25) is 0 Å². The zero-order chi connectivity index (χ0) is 29.7. The molecule has 0 radical (unpaired) electrons. The molecule has 13 heteroatoms. The van der Waals surface area contributed by atoms with Crippen LogP contribution in [-0.2, 0) is 14.2 Å². The van der Waals surface area contributed by atoms with E-state index in [-0.39, 0.29) is 41.8 Å². The molecule has 2 aliphatic rings. The number of allylic oxidation sites excluding steroid dienone is 1. The highest BCUT2D eigenvalue weighted by Gasteiger charge is 2.45. The highest BCUT2D eigenvalue weighted by atomic mass is 16.7. The van der Waals surface area contributed by atoms with E-state index >= 15 is 0 Å². The molecule has 13 nitrogen and oxygen atoms in total. The molecule has 0 amide bonds. The highest BCUT2D eigenvalue weighted by Crippen LogP contribution is 2.36. The number of aliphatic hydroxyl groups is 4. The van der Waals surface area contributed by atoms with Gasteiger partial charge < -0.3 is 59.1 Å². The fourth-order valence-electron chi connectivity index (χ4n) is 4.45. The van der Waals surface area contributed by atoms with E-state index in [0.29, 0.717) is 18.4 Å². The van der Waals surface area contributed by atoms with E-state index in [9.17, 15) is 35.4 Å². The molecule has 0 saturated carbocycles. The molecular weight excluding hydrogens is 544 g/mol. The predicted octanol–water partition coefficient (Wildman–Crippen LogP) is 0.711. The van der Waals surface area contributed by atoms with Crippen molar-refractivity contribution in [3.8, 4) is 28.7 Å². The minimum absolute atomic E-state index is 0.0466. The number of carbonyl (C=O) groups is 1. The number of methoxy groups -OCH3 is 2. The summed E-state index contributed by atoms with van der Waals surface area (Å²) in [7, 11) is 2.70. The third kappa shape index (κ3) is 7.26. The predicted molar refractivity (Wildman–Crippen MR) is 141 cm³/mol. The van der Waals surface area contributed by atoms with Gasteiger partial charge in [-0.15, -0.1) is 0 Å². The van der Waals surface area contributed by atoms with Gasteiger partial charge >= 0.3 is 0 Å². The summed E-state index contributed by atoms with van der Waals surface area (Å²) in [6.07, 6.45) is -5.07. The quantitative estimate of drug-likeness (QED) is 0.171. The Hall–Kier alpha value is -3.43. The zero-order valence-electron chi connectivity index (χ0n) is 22.5. The second kappa shape index (κ2) is 13.5. The number of aliphatic hydroxyl groups excluding tert-OH is 4. The first-order valence-electron chi connectivity index (χ1n) is 12.9. The number of benzene rings is 2. The van der Waals surface area contributed by atoms with Crippen molar-refractivity contribution in [2.24, 2.45) is 0 Å². The number of hydrogen-bond acceptors (Lipinski definition) is 13. The Balaban J connectivity index is 1.45. The number of carbonyl (C=O) groups excluding carboxylic acids is 1. The summed E-state index contributed by atoms with van der Waals surface area (Å²) in [5.74, 6) is -1.04. The SMILES string of the molecule is COc1ccc(/C=C/C(=O)c2c(O)cc(OC3OC(COC4CCC(O)CO4)C(O)C(O)C3O)cc2OC)cc1O. The summed E-state index contributed by atoms with van der Waals surface area (Å²) in [4.78, 5) is 12.9. The van der Waals surface area contributed by atoms with Crippen molar-refractivity contribution in [2.45, 2.75) is 55.9 Å². The Morgan fingerprint density at radius 1 is 0.951 bits per heavy atom. The molecule has 7 unspecified atom stereocenters. The van der Waals surface area contributed by atoms with Crippen LogP contribution in [0.3, 0.4) is 0 Å². The topological polar surface area (TPSA) is 194 Å². The normalized spacial score (nSPS) is 28.4. The monoisotopic (exact) mass is 578 g/mol. The number of ketones is 1. The van der Waals surface area contributed by atoms with Crippen LogP contribution in [0.4, 0.5) is 0 Å². The summed E-state index contributed by atoms with van der Waals surface area (Å²) in [6.45, 7) is -0.0948. The van der Waals surface area contributed by atoms with E-state index in [0.717, 1.165) is 6.07 Å². The third-order valence-corrected chi connectivity index (χ3v) is 6.73. The Morgan fingerprint density at radius 3 is 2.37 bits per heavy atom. The van der Waals surface area contributed by atoms with Gasteiger partial charge in [0.25, 0.3) is 0 Å². The molecule has 2 heterocycles. The van der Waals surface area contributed by atoms with Crippen LogP contribution in [0, 0.1) is 0 Å². The smallest absolute Gasteiger partial charge is 0.229 e. The largest absolute Gasteiger partial charge is 0.507 e. The maximum Gasteiger partial charge on any atom is 0.229 e. The van der Waals surface area contributed by atoms with Crippen molar-refractivity contribution in [3.63, 3.8) is 0 Å². The first kappa shape index (κ1) is 30.5. The maximum absolute atomic E-state index is 12.9. The fourth-order valence-corrected chi connectivity index (χ4v) is 4.45. The van der Waals surface area contributed by atoms with Gasteiger partial charge in [0.1, 0.15) is 47.2 Å². The van der Waals surface area contributed by atoms with E-state index in [1.165, 1.54) is 44.6 Å². The van der Waals surface area contributed by atoms with Crippen LogP contribution in [0.25, 0.3) is 6.08 Å². The molecule has 2 aliphatic heterocycles. The Labute approximate surface area is 235 Å². The lowest BCUT2D eigenvalue weighted by Gasteiger charge is -2.40. The van der Waals surface area contributed by atoms with E-state index < -0.39 is 54.6 Å². The van der Waals surface area contributed by atoms with Crippen molar-refractivity contribution < 1.29 is 63.9 Å². The first-order chi connectivity index (χ1) is 19.6. The molecule has 0 bridgehead atoms. The molecule has 41 heavy (non-hydrogen) atoms. The number of phenolic OH excluding ortho intramolecular Hbond substituents is 2. The molecule has 6 N–H and O–H groups in total. The maximum atomic E-state index is 12.9. The van der Waals surface area contributed by atoms with Gasteiger partial charge in [-0.25, -0.2) is 0 Å². The second-order valence-corrected chi connectivity index (χ2v) is 9.61. The zero-order valence-corrected chi connectivity index (χ0v) is 22.5. The van der Waals surface area contributed by atoms with E-state index in [1.54, 1.807) is 6.07 Å². The van der Waals surface area contributed by atoms with Gasteiger partial charge in [-0.3, -0.25) is 4.79 Å². The molecule has 0 aliphatic carbocycles. The number of phenols is 2. The lowest BCUT2D eigenvalue weighted by Crippen LogP contribution is -2.60. The summed E-state index contributed by atoms with van der Waals surface area (Å²) >= 11 is 0. The molecule has 0 aromatic heterocycles. The average molecular weight is 579 g/mol. The summed E-state index contributed by atoms with van der Waals surface area (Å²) in [5.41, 5.74) is 0.337. The average Bonchev–Trinajstić information content (AvgIpc) is 2.96. The summed E-state index contributed by atoms with van der Waals surface area (Å²) in [6, 6.07) is 6.97. The summed E-state index contributed by atoms with van der Waals surface area (Å²) in [5, 5.41) is 61.4. The van der Waals surface area contributed by atoms with Crippen molar-refractivity contribution in [3.05, 3.63) is 47.5 Å². The minimum Gasteiger partial charge on any atom is -0.507 e. The Kier molecular flexibility index (Phi) is 10.0. The van der Waals surface area contributed by atoms with Crippen molar-refractivity contribution >= 4 is 11.9 Å².